The molecule has 1 saturated heterocycles. The standard InChI is InChI=1S/C21H27N3O/c1-16-3-4-17(2)20(11-16)12-21(25)23-13-19-7-10-24(15-19)14-18-5-8-22-9-6-18/h3-6,8-9,11,19H,7,10,12-15H2,1-2H3,(H,23,25). The van der Waals surface area contributed by atoms with Gasteiger partial charge in [-0.25, -0.2) is 0 Å². The van der Waals surface area contributed by atoms with Crippen molar-refractivity contribution in [3.63, 3.8) is 0 Å². The van der Waals surface area contributed by atoms with Gasteiger partial charge in [0.15, 0.2) is 0 Å². The van der Waals surface area contributed by atoms with Crippen LogP contribution in [0.2, 0.25) is 0 Å². The number of rotatable bonds is 6. The van der Waals surface area contributed by atoms with Gasteiger partial charge in [0.2, 0.25) is 5.91 Å². The molecule has 1 aromatic heterocycles. The molecule has 4 heteroatoms. The van der Waals surface area contributed by atoms with Gasteiger partial charge in [0.05, 0.1) is 6.42 Å². The smallest absolute Gasteiger partial charge is 0.224 e. The highest BCUT2D eigenvalue weighted by atomic mass is 16.1. The number of nitrogens with zero attached hydrogens (tertiary/aromatic N) is 2. The Kier molecular flexibility index (Phi) is 5.82. The molecule has 2 heterocycles. The average molecular weight is 337 g/mol. The molecule has 0 spiro atoms. The zero-order valence-electron chi connectivity index (χ0n) is 15.2. The monoisotopic (exact) mass is 337 g/mol. The summed E-state index contributed by atoms with van der Waals surface area (Å²) in [6, 6.07) is 10.4. The van der Waals surface area contributed by atoms with Crippen molar-refractivity contribution in [3.8, 4) is 0 Å². The van der Waals surface area contributed by atoms with E-state index in [1.807, 2.05) is 12.4 Å². The van der Waals surface area contributed by atoms with Crippen LogP contribution in [0, 0.1) is 19.8 Å². The van der Waals surface area contributed by atoms with Crippen LogP contribution in [0.25, 0.3) is 0 Å². The first-order valence-corrected chi connectivity index (χ1v) is 9.04. The van der Waals surface area contributed by atoms with Gasteiger partial charge < -0.3 is 5.32 Å². The minimum absolute atomic E-state index is 0.126. The first-order chi connectivity index (χ1) is 12.1. The largest absolute Gasteiger partial charge is 0.355 e. The summed E-state index contributed by atoms with van der Waals surface area (Å²) in [7, 11) is 0. The van der Waals surface area contributed by atoms with Gasteiger partial charge in [-0.2, -0.15) is 0 Å². The van der Waals surface area contributed by atoms with Crippen LogP contribution in [0.5, 0.6) is 0 Å². The number of pyridine rings is 1. The highest BCUT2D eigenvalue weighted by Crippen LogP contribution is 2.18. The third-order valence-corrected chi connectivity index (χ3v) is 4.97. The van der Waals surface area contributed by atoms with E-state index in [2.05, 4.69) is 59.4 Å². The lowest BCUT2D eigenvalue weighted by atomic mass is 10.0. The van der Waals surface area contributed by atoms with Crippen molar-refractivity contribution < 1.29 is 4.79 Å². The van der Waals surface area contributed by atoms with Gasteiger partial charge in [0, 0.05) is 32.0 Å². The molecule has 1 aliphatic rings. The van der Waals surface area contributed by atoms with E-state index in [9.17, 15) is 4.79 Å². The Morgan fingerprint density at radius 2 is 2.04 bits per heavy atom. The molecule has 0 aliphatic carbocycles. The zero-order chi connectivity index (χ0) is 17.6. The number of carbonyl (C=O) groups is 1. The Hall–Kier alpha value is -2.20. The van der Waals surface area contributed by atoms with Crippen molar-refractivity contribution in [2.45, 2.75) is 33.2 Å². The van der Waals surface area contributed by atoms with Gasteiger partial charge in [0.25, 0.3) is 0 Å². The Balaban J connectivity index is 1.43. The van der Waals surface area contributed by atoms with Crippen molar-refractivity contribution in [3.05, 3.63) is 65.0 Å². The van der Waals surface area contributed by atoms with Crippen molar-refractivity contribution in [2.75, 3.05) is 19.6 Å². The molecule has 1 aromatic carbocycles. The van der Waals surface area contributed by atoms with E-state index >= 15 is 0 Å². The molecule has 132 valence electrons. The van der Waals surface area contributed by atoms with Gasteiger partial charge in [-0.15, -0.1) is 0 Å². The SMILES string of the molecule is Cc1ccc(C)c(CC(=O)NCC2CCN(Cc3ccncc3)C2)c1. The second-order valence-corrected chi connectivity index (χ2v) is 7.16. The summed E-state index contributed by atoms with van der Waals surface area (Å²) in [5.74, 6) is 0.672. The number of nitrogens with one attached hydrogen (secondary N) is 1. The number of aromatic nitrogens is 1. The van der Waals surface area contributed by atoms with Gasteiger partial charge >= 0.3 is 0 Å². The van der Waals surface area contributed by atoms with Crippen LogP contribution in [0.3, 0.4) is 0 Å². The van der Waals surface area contributed by atoms with E-state index in [-0.39, 0.29) is 5.91 Å². The van der Waals surface area contributed by atoms with Crippen LogP contribution >= 0.6 is 0 Å². The Labute approximate surface area is 150 Å². The number of hydrogen-bond acceptors (Lipinski definition) is 3. The van der Waals surface area contributed by atoms with Crippen molar-refractivity contribution in [1.29, 1.82) is 0 Å². The van der Waals surface area contributed by atoms with Crippen LogP contribution in [-0.4, -0.2) is 35.4 Å². The summed E-state index contributed by atoms with van der Waals surface area (Å²) in [6.07, 6.45) is 5.31. The number of amides is 1. The number of likely N-dealkylation sites (tertiary alicyclic amines) is 1. The van der Waals surface area contributed by atoms with Gasteiger partial charge in [-0.3, -0.25) is 14.7 Å². The lowest BCUT2D eigenvalue weighted by molar-refractivity contribution is -0.120. The lowest BCUT2D eigenvalue weighted by Gasteiger charge is -2.16. The highest BCUT2D eigenvalue weighted by Gasteiger charge is 2.22. The van der Waals surface area contributed by atoms with Crippen LogP contribution in [0.15, 0.2) is 42.7 Å². The second kappa shape index (κ2) is 8.26. The van der Waals surface area contributed by atoms with E-state index in [4.69, 9.17) is 0 Å². The van der Waals surface area contributed by atoms with Crippen LogP contribution < -0.4 is 5.32 Å². The summed E-state index contributed by atoms with van der Waals surface area (Å²) in [4.78, 5) is 18.8. The maximum absolute atomic E-state index is 12.3. The fourth-order valence-electron chi connectivity index (χ4n) is 3.45. The van der Waals surface area contributed by atoms with Crippen LogP contribution in [0.1, 0.15) is 28.7 Å². The summed E-state index contributed by atoms with van der Waals surface area (Å²) in [5, 5.41) is 3.13. The Morgan fingerprint density at radius 3 is 2.84 bits per heavy atom. The quantitative estimate of drug-likeness (QED) is 0.881. The third kappa shape index (κ3) is 5.13. The molecule has 1 amide bonds. The normalized spacial score (nSPS) is 17.6. The molecule has 25 heavy (non-hydrogen) atoms. The summed E-state index contributed by atoms with van der Waals surface area (Å²) in [5.41, 5.74) is 4.82. The molecule has 1 aliphatic heterocycles. The van der Waals surface area contributed by atoms with Gasteiger partial charge in [0.1, 0.15) is 0 Å². The van der Waals surface area contributed by atoms with Crippen LogP contribution in [0.4, 0.5) is 0 Å². The molecule has 3 rings (SSSR count). The molecular formula is C21H27N3O. The lowest BCUT2D eigenvalue weighted by Crippen LogP contribution is -2.32. The van der Waals surface area contributed by atoms with Gasteiger partial charge in [-0.1, -0.05) is 23.8 Å². The molecule has 1 fully saturated rings. The van der Waals surface area contributed by atoms with E-state index in [0.717, 1.165) is 38.2 Å². The fourth-order valence-corrected chi connectivity index (χ4v) is 3.45. The molecular weight excluding hydrogens is 310 g/mol. The van der Waals surface area contributed by atoms with E-state index in [0.29, 0.717) is 12.3 Å². The van der Waals surface area contributed by atoms with E-state index in [1.54, 1.807) is 0 Å². The third-order valence-electron chi connectivity index (χ3n) is 4.97. The Morgan fingerprint density at radius 1 is 1.24 bits per heavy atom. The number of aryl methyl sites for hydroxylation is 2. The zero-order valence-corrected chi connectivity index (χ0v) is 15.2. The van der Waals surface area contributed by atoms with Crippen molar-refractivity contribution in [2.24, 2.45) is 5.92 Å². The molecule has 0 saturated carbocycles. The average Bonchev–Trinajstić information content (AvgIpc) is 3.05. The minimum Gasteiger partial charge on any atom is -0.355 e. The summed E-state index contributed by atoms with van der Waals surface area (Å²) < 4.78 is 0. The second-order valence-electron chi connectivity index (χ2n) is 7.16. The molecule has 0 radical (unpaired) electrons. The molecule has 4 nitrogen and oxygen atoms in total. The molecule has 1 unspecified atom stereocenters. The number of benzene rings is 1. The summed E-state index contributed by atoms with van der Waals surface area (Å²) in [6.45, 7) is 8.02. The number of hydrogen-bond donors (Lipinski definition) is 1. The van der Waals surface area contributed by atoms with Crippen LogP contribution in [-0.2, 0) is 17.8 Å². The first-order valence-electron chi connectivity index (χ1n) is 9.04. The molecule has 0 bridgehead atoms. The van der Waals surface area contributed by atoms with Gasteiger partial charge in [-0.05, 0) is 61.6 Å². The maximum atomic E-state index is 12.3. The predicted molar refractivity (Wildman–Crippen MR) is 100 cm³/mol. The predicted octanol–water partition coefficient (Wildman–Crippen LogP) is 2.88. The number of carbonyl (C=O) groups excluding carboxylic acids is 1. The van der Waals surface area contributed by atoms with E-state index < -0.39 is 0 Å². The van der Waals surface area contributed by atoms with Crippen molar-refractivity contribution >= 4 is 5.91 Å². The maximum Gasteiger partial charge on any atom is 0.224 e. The summed E-state index contributed by atoms with van der Waals surface area (Å²) >= 11 is 0. The highest BCUT2D eigenvalue weighted by molar-refractivity contribution is 5.79. The van der Waals surface area contributed by atoms with E-state index in [1.165, 1.54) is 16.7 Å². The molecule has 2 aromatic rings. The van der Waals surface area contributed by atoms with Crippen molar-refractivity contribution in [1.82, 2.24) is 15.2 Å². The minimum atomic E-state index is 0.126. The topological polar surface area (TPSA) is 45.2 Å². The first kappa shape index (κ1) is 17.6. The Bertz CT molecular complexity index is 714. The fraction of sp³-hybridized carbons (Fsp3) is 0.429. The molecule has 1 N–H and O–H groups in total. The molecule has 1 atom stereocenters.